The molecule has 0 atom stereocenters. The van der Waals surface area contributed by atoms with E-state index < -0.39 is 0 Å². The van der Waals surface area contributed by atoms with Crippen LogP contribution in [0.5, 0.6) is 0 Å². The zero-order valence-electron chi connectivity index (χ0n) is 12.9. The van der Waals surface area contributed by atoms with Gasteiger partial charge in [-0.25, -0.2) is 9.97 Å². The first-order chi connectivity index (χ1) is 11.7. The standard InChI is InChI=1S/C18H15ClN4O/c1-12-4-2-3-5-15(12)18(23-24)16-7-6-13(8-17(16)19)22-14-9-20-11-21-10-14/h2-11,22,24H,1H3. The Bertz CT molecular complexity index is 881. The minimum absolute atomic E-state index is 0.438. The van der Waals surface area contributed by atoms with Gasteiger partial charge in [-0.05, 0) is 30.7 Å². The summed E-state index contributed by atoms with van der Waals surface area (Å²) in [5.74, 6) is 0. The first-order valence-electron chi connectivity index (χ1n) is 7.29. The smallest absolute Gasteiger partial charge is 0.118 e. The first kappa shape index (κ1) is 16.0. The van der Waals surface area contributed by atoms with Gasteiger partial charge in [0.15, 0.2) is 0 Å². The van der Waals surface area contributed by atoms with E-state index in [1.165, 1.54) is 6.33 Å². The summed E-state index contributed by atoms with van der Waals surface area (Å²) in [5, 5.41) is 16.6. The minimum atomic E-state index is 0.438. The summed E-state index contributed by atoms with van der Waals surface area (Å²) in [5.41, 5.74) is 4.48. The van der Waals surface area contributed by atoms with Crippen LogP contribution in [-0.2, 0) is 0 Å². The lowest BCUT2D eigenvalue weighted by atomic mass is 9.98. The van der Waals surface area contributed by atoms with Crippen LogP contribution in [0, 0.1) is 6.92 Å². The Morgan fingerprint density at radius 1 is 1.04 bits per heavy atom. The number of nitrogens with one attached hydrogen (secondary N) is 1. The van der Waals surface area contributed by atoms with Crippen LogP contribution >= 0.6 is 11.6 Å². The third kappa shape index (κ3) is 3.36. The summed E-state index contributed by atoms with van der Waals surface area (Å²) < 4.78 is 0. The second kappa shape index (κ2) is 7.10. The number of aryl methyl sites for hydroxylation is 1. The lowest BCUT2D eigenvalue weighted by Gasteiger charge is -2.12. The van der Waals surface area contributed by atoms with Gasteiger partial charge in [0.05, 0.1) is 23.1 Å². The van der Waals surface area contributed by atoms with Gasteiger partial charge in [-0.3, -0.25) is 0 Å². The van der Waals surface area contributed by atoms with Crippen molar-refractivity contribution in [1.82, 2.24) is 9.97 Å². The highest BCUT2D eigenvalue weighted by Gasteiger charge is 2.14. The maximum atomic E-state index is 9.48. The van der Waals surface area contributed by atoms with Crippen LogP contribution in [0.2, 0.25) is 5.02 Å². The number of halogens is 1. The molecule has 0 spiro atoms. The molecule has 0 aliphatic heterocycles. The average molecular weight is 339 g/mol. The zero-order valence-corrected chi connectivity index (χ0v) is 13.7. The van der Waals surface area contributed by atoms with Gasteiger partial charge >= 0.3 is 0 Å². The molecule has 1 aromatic heterocycles. The molecule has 6 heteroatoms. The quantitative estimate of drug-likeness (QED) is 0.420. The summed E-state index contributed by atoms with van der Waals surface area (Å²) in [6.07, 6.45) is 4.80. The highest BCUT2D eigenvalue weighted by atomic mass is 35.5. The molecule has 2 aromatic carbocycles. The van der Waals surface area contributed by atoms with Gasteiger partial charge in [-0.2, -0.15) is 0 Å². The van der Waals surface area contributed by atoms with Gasteiger partial charge in [0.1, 0.15) is 12.0 Å². The maximum Gasteiger partial charge on any atom is 0.118 e. The molecule has 120 valence electrons. The molecule has 0 aliphatic carbocycles. The Hall–Kier alpha value is -2.92. The van der Waals surface area contributed by atoms with Crippen LogP contribution in [0.15, 0.2) is 66.3 Å². The van der Waals surface area contributed by atoms with E-state index in [9.17, 15) is 5.21 Å². The number of rotatable bonds is 4. The monoisotopic (exact) mass is 338 g/mol. The van der Waals surface area contributed by atoms with Gasteiger partial charge in [0.2, 0.25) is 0 Å². The molecule has 0 amide bonds. The third-order valence-corrected chi connectivity index (χ3v) is 3.89. The van der Waals surface area contributed by atoms with Crippen molar-refractivity contribution >= 4 is 28.7 Å². The van der Waals surface area contributed by atoms with Crippen molar-refractivity contribution in [3.05, 3.63) is 82.9 Å². The number of oxime groups is 1. The molecule has 0 aliphatic rings. The van der Waals surface area contributed by atoms with Gasteiger partial charge < -0.3 is 10.5 Å². The van der Waals surface area contributed by atoms with Crippen LogP contribution in [0.1, 0.15) is 16.7 Å². The summed E-state index contributed by atoms with van der Waals surface area (Å²) in [6.45, 7) is 1.96. The molecular formula is C18H15ClN4O. The van der Waals surface area contributed by atoms with Crippen molar-refractivity contribution in [3.63, 3.8) is 0 Å². The van der Waals surface area contributed by atoms with Crippen molar-refractivity contribution in [1.29, 1.82) is 0 Å². The van der Waals surface area contributed by atoms with E-state index in [2.05, 4.69) is 20.4 Å². The molecule has 0 saturated carbocycles. The largest absolute Gasteiger partial charge is 0.410 e. The summed E-state index contributed by atoms with van der Waals surface area (Å²) >= 11 is 6.41. The van der Waals surface area contributed by atoms with E-state index in [0.717, 1.165) is 22.5 Å². The maximum absolute atomic E-state index is 9.48. The van der Waals surface area contributed by atoms with Crippen molar-refractivity contribution in [3.8, 4) is 0 Å². The number of aromatic nitrogens is 2. The molecule has 5 nitrogen and oxygen atoms in total. The molecule has 3 aromatic rings. The Balaban J connectivity index is 1.93. The van der Waals surface area contributed by atoms with E-state index in [1.54, 1.807) is 18.5 Å². The average Bonchev–Trinajstić information content (AvgIpc) is 2.60. The highest BCUT2D eigenvalue weighted by Crippen LogP contribution is 2.26. The second-order valence-corrected chi connectivity index (χ2v) is 5.62. The summed E-state index contributed by atoms with van der Waals surface area (Å²) in [4.78, 5) is 7.91. The number of hydrogen-bond donors (Lipinski definition) is 2. The number of benzene rings is 2. The number of nitrogens with zero attached hydrogens (tertiary/aromatic N) is 3. The zero-order chi connectivity index (χ0) is 16.9. The van der Waals surface area contributed by atoms with Gasteiger partial charge in [-0.1, -0.05) is 41.0 Å². The van der Waals surface area contributed by atoms with Crippen LogP contribution in [0.25, 0.3) is 0 Å². The van der Waals surface area contributed by atoms with Crippen LogP contribution in [0.4, 0.5) is 11.4 Å². The lowest BCUT2D eigenvalue weighted by Crippen LogP contribution is -2.06. The van der Waals surface area contributed by atoms with Crippen LogP contribution in [0.3, 0.4) is 0 Å². The predicted octanol–water partition coefficient (Wildman–Crippen LogP) is 4.41. The van der Waals surface area contributed by atoms with E-state index >= 15 is 0 Å². The molecule has 3 rings (SSSR count). The SMILES string of the molecule is Cc1ccccc1C(=NO)c1ccc(Nc2cncnc2)cc1Cl. The Labute approximate surface area is 144 Å². The molecule has 0 fully saturated rings. The van der Waals surface area contributed by atoms with E-state index in [1.807, 2.05) is 43.3 Å². The van der Waals surface area contributed by atoms with Crippen molar-refractivity contribution in [2.45, 2.75) is 6.92 Å². The fourth-order valence-electron chi connectivity index (χ4n) is 2.41. The molecule has 0 saturated heterocycles. The van der Waals surface area contributed by atoms with Crippen LogP contribution in [-0.4, -0.2) is 20.9 Å². The fourth-order valence-corrected chi connectivity index (χ4v) is 2.68. The van der Waals surface area contributed by atoms with E-state index in [0.29, 0.717) is 16.3 Å². The van der Waals surface area contributed by atoms with E-state index in [4.69, 9.17) is 11.6 Å². The molecule has 0 unspecified atom stereocenters. The Morgan fingerprint density at radius 3 is 2.46 bits per heavy atom. The Morgan fingerprint density at radius 2 is 1.79 bits per heavy atom. The van der Waals surface area contributed by atoms with Gasteiger partial charge in [0.25, 0.3) is 0 Å². The lowest BCUT2D eigenvalue weighted by molar-refractivity contribution is 0.319. The van der Waals surface area contributed by atoms with E-state index in [-0.39, 0.29) is 0 Å². The predicted molar refractivity (Wildman–Crippen MR) is 95.4 cm³/mol. The third-order valence-electron chi connectivity index (χ3n) is 3.57. The molecular weight excluding hydrogens is 324 g/mol. The summed E-state index contributed by atoms with van der Waals surface area (Å²) in [6, 6.07) is 13.1. The molecule has 1 heterocycles. The topological polar surface area (TPSA) is 70.4 Å². The molecule has 2 N–H and O–H groups in total. The minimum Gasteiger partial charge on any atom is -0.410 e. The molecule has 24 heavy (non-hydrogen) atoms. The molecule has 0 radical (unpaired) electrons. The highest BCUT2D eigenvalue weighted by molar-refractivity contribution is 6.35. The number of hydrogen-bond acceptors (Lipinski definition) is 5. The normalized spacial score (nSPS) is 11.3. The van der Waals surface area contributed by atoms with Gasteiger partial charge in [0, 0.05) is 16.8 Å². The van der Waals surface area contributed by atoms with Crippen molar-refractivity contribution in [2.75, 3.05) is 5.32 Å². The number of anilines is 2. The second-order valence-electron chi connectivity index (χ2n) is 5.21. The Kier molecular flexibility index (Phi) is 4.72. The van der Waals surface area contributed by atoms with Crippen molar-refractivity contribution < 1.29 is 5.21 Å². The summed E-state index contributed by atoms with van der Waals surface area (Å²) in [7, 11) is 0. The van der Waals surface area contributed by atoms with Gasteiger partial charge in [-0.15, -0.1) is 0 Å². The first-order valence-corrected chi connectivity index (χ1v) is 7.67. The molecule has 0 bridgehead atoms. The fraction of sp³-hybridized carbons (Fsp3) is 0.0556. The van der Waals surface area contributed by atoms with Crippen LogP contribution < -0.4 is 5.32 Å². The van der Waals surface area contributed by atoms with Crippen molar-refractivity contribution in [2.24, 2.45) is 5.16 Å².